The molecule has 0 aliphatic heterocycles. The Morgan fingerprint density at radius 2 is 0.364 bits per heavy atom. The van der Waals surface area contributed by atoms with Gasteiger partial charge in [-0.25, -0.2) is 0 Å². The van der Waals surface area contributed by atoms with Gasteiger partial charge in [0.25, 0.3) is 0 Å². The maximum Gasteiger partial charge on any atom is 0.0490 e. The summed E-state index contributed by atoms with van der Waals surface area (Å²) in [6.07, 6.45) is 20.7. The van der Waals surface area contributed by atoms with Crippen LogP contribution in [0.5, 0.6) is 0 Å². The van der Waals surface area contributed by atoms with Crippen molar-refractivity contribution < 1.29 is 0 Å². The van der Waals surface area contributed by atoms with E-state index in [0.29, 0.717) is 0 Å². The third-order valence-corrected chi connectivity index (χ3v) is 31.4. The summed E-state index contributed by atoms with van der Waals surface area (Å²) in [4.78, 5) is 9.56. The zero-order chi connectivity index (χ0) is 89.6. The molecule has 0 saturated heterocycles. The first-order valence-electron chi connectivity index (χ1n) is 49.3. The molecule has 6 unspecified atom stereocenters. The molecule has 10 aliphatic rings. The number of nitrogens with zero attached hydrogens (tertiary/aromatic N) is 4. The Bertz CT molecular complexity index is 6690. The average Bonchev–Trinajstić information content (AvgIpc) is 1.63. The van der Waals surface area contributed by atoms with Crippen LogP contribution in [0.25, 0.3) is 44.5 Å². The van der Waals surface area contributed by atoms with Gasteiger partial charge in [0.2, 0.25) is 0 Å². The molecular formula is C128H124N4. The Kier molecular flexibility index (Phi) is 24.1. The van der Waals surface area contributed by atoms with Crippen LogP contribution < -0.4 is 19.6 Å². The minimum absolute atomic E-state index is 0.769. The minimum Gasteiger partial charge on any atom is -0.310 e. The van der Waals surface area contributed by atoms with Crippen LogP contribution in [0.2, 0.25) is 0 Å². The van der Waals surface area contributed by atoms with E-state index in [1.54, 1.807) is 44.5 Å². The van der Waals surface area contributed by atoms with E-state index < -0.39 is 0 Å². The monoisotopic (exact) mass is 1720 g/mol. The predicted octanol–water partition coefficient (Wildman–Crippen LogP) is 36.7. The van der Waals surface area contributed by atoms with Crippen molar-refractivity contribution >= 4 is 68.2 Å². The number of hydrogen-bond donors (Lipinski definition) is 0. The number of aryl methyl sites for hydroxylation is 9. The summed E-state index contributed by atoms with van der Waals surface area (Å²) in [5, 5.41) is 0. The van der Waals surface area contributed by atoms with Crippen LogP contribution in [-0.2, 0) is 0 Å². The summed E-state index contributed by atoms with van der Waals surface area (Å²) in [6, 6.07) is 132. The zero-order valence-electron chi connectivity index (χ0n) is 78.6. The molecule has 6 atom stereocenters. The lowest BCUT2D eigenvalue weighted by molar-refractivity contribution is 0.359. The second-order valence-corrected chi connectivity index (χ2v) is 39.5. The van der Waals surface area contributed by atoms with Gasteiger partial charge in [-0.2, -0.15) is 0 Å². The first-order chi connectivity index (χ1) is 64.7. The number of hydrogen-bond acceptors (Lipinski definition) is 4. The maximum atomic E-state index is 2.51. The summed E-state index contributed by atoms with van der Waals surface area (Å²) in [5.41, 5.74) is 49.9. The first-order valence-corrected chi connectivity index (χ1v) is 49.3. The highest BCUT2D eigenvalue weighted by Crippen LogP contribution is 2.58. The topological polar surface area (TPSA) is 13.0 Å². The first kappa shape index (κ1) is 85.5. The lowest BCUT2D eigenvalue weighted by atomic mass is 9.66. The second kappa shape index (κ2) is 37.2. The largest absolute Gasteiger partial charge is 0.310 e. The fourth-order valence-electron chi connectivity index (χ4n) is 24.4. The van der Waals surface area contributed by atoms with E-state index in [9.17, 15) is 0 Å². The molecule has 656 valence electrons. The number of anilines is 12. The Labute approximate surface area is 785 Å². The molecule has 0 amide bonds. The minimum atomic E-state index is 0.769. The van der Waals surface area contributed by atoms with Crippen LogP contribution in [0.15, 0.2) is 358 Å². The van der Waals surface area contributed by atoms with E-state index in [1.807, 2.05) is 0 Å². The normalized spacial score (nSPS) is 18.6. The van der Waals surface area contributed by atoms with E-state index in [-0.39, 0.29) is 0 Å². The van der Waals surface area contributed by atoms with Crippen LogP contribution in [0.1, 0.15) is 238 Å². The summed E-state index contributed by atoms with van der Waals surface area (Å²) in [7, 11) is 0. The number of benzene rings is 16. The van der Waals surface area contributed by atoms with Crippen LogP contribution >= 0.6 is 0 Å². The highest BCUT2D eigenvalue weighted by molar-refractivity contribution is 5.87. The molecule has 0 radical (unpaired) electrons. The molecule has 10 aliphatic carbocycles. The van der Waals surface area contributed by atoms with Crippen LogP contribution in [0.3, 0.4) is 0 Å². The van der Waals surface area contributed by atoms with Crippen molar-refractivity contribution in [2.45, 2.75) is 206 Å². The predicted molar refractivity (Wildman–Crippen MR) is 560 cm³/mol. The van der Waals surface area contributed by atoms with Crippen LogP contribution in [0.4, 0.5) is 68.2 Å². The molecule has 0 aromatic heterocycles. The molecule has 0 N–H and O–H groups in total. The van der Waals surface area contributed by atoms with E-state index >= 15 is 0 Å². The van der Waals surface area contributed by atoms with Gasteiger partial charge in [-0.15, -0.1) is 0 Å². The van der Waals surface area contributed by atoms with Crippen molar-refractivity contribution in [3.63, 3.8) is 0 Å². The number of para-hydroxylation sites is 8. The molecule has 0 spiro atoms. The van der Waals surface area contributed by atoms with Crippen molar-refractivity contribution in [1.29, 1.82) is 0 Å². The van der Waals surface area contributed by atoms with Gasteiger partial charge in [0.15, 0.2) is 0 Å². The summed E-state index contributed by atoms with van der Waals surface area (Å²) >= 11 is 0. The third-order valence-electron chi connectivity index (χ3n) is 31.4. The second-order valence-electron chi connectivity index (χ2n) is 39.5. The lowest BCUT2D eigenvalue weighted by Gasteiger charge is -2.38. The van der Waals surface area contributed by atoms with Gasteiger partial charge < -0.3 is 19.6 Å². The fourth-order valence-corrected chi connectivity index (χ4v) is 24.4. The number of rotatable bonds is 16. The van der Waals surface area contributed by atoms with Crippen LogP contribution in [-0.4, -0.2) is 0 Å². The molecule has 26 rings (SSSR count). The molecule has 16 aromatic rings. The molecule has 132 heavy (non-hydrogen) atoms. The molecule has 16 aromatic carbocycles. The quantitative estimate of drug-likeness (QED) is 0.0956. The lowest BCUT2D eigenvalue weighted by Crippen LogP contribution is -2.21. The smallest absolute Gasteiger partial charge is 0.0490 e. The Morgan fingerprint density at radius 1 is 0.159 bits per heavy atom. The van der Waals surface area contributed by atoms with Crippen molar-refractivity contribution in [3.8, 4) is 44.5 Å². The van der Waals surface area contributed by atoms with E-state index in [4.69, 9.17) is 0 Å². The van der Waals surface area contributed by atoms with Gasteiger partial charge in [-0.3, -0.25) is 0 Å². The van der Waals surface area contributed by atoms with Crippen LogP contribution in [0, 0.1) is 62.3 Å². The maximum absolute atomic E-state index is 2.51. The fraction of sp³-hybridized carbons (Fsp3) is 0.250. The average molecular weight is 1720 g/mol. The van der Waals surface area contributed by atoms with E-state index in [1.165, 1.54) is 259 Å². The molecule has 8 bridgehead atoms. The third kappa shape index (κ3) is 16.8. The highest BCUT2D eigenvalue weighted by atomic mass is 15.2. The van der Waals surface area contributed by atoms with Gasteiger partial charge >= 0.3 is 0 Å². The SMILES string of the molecule is Cc1ccccc1N(c1ccc(-c2cc(C)c3c(c2)C2CCC3C2)cc1)c1ccccc1C.Cc1ccccc1N(c1ccc(-c2ccc3c(c2)C2CCC3C2)cc1)c1ccccc1C.Cc1ccccc1N(c1ccc(-c2ccc3c(c2)C2CCC3CC2)cc1)c1ccccc1C.Cc1ccccc1N(c1ccc(-c2ccc3c(c2)C2CCCC3CC2)cc1)c1ccccc1C. The van der Waals surface area contributed by atoms with Gasteiger partial charge in [-0.05, 0) is 436 Å². The molecule has 4 saturated carbocycles. The Hall–Kier alpha value is -13.3. The molecular weight excluding hydrogens is 1590 g/mol. The number of fused-ring (bicyclic) bond motifs is 15. The standard InChI is InChI=1S/C33H33N.2C32H31N.C31H29N/c1-23-8-3-5-12-32(23)34(33-13-6-4-9-24(33)2)29-19-16-25(17-20-29)28-18-21-30-26-10-7-11-27(15-14-26)31(30)22-28;1-21-8-4-6-10-30(21)33(31-11-7-5-9-22(31)2)28-16-14-24(15-17-28)27-18-23(3)32-26-13-12-25(19-26)29(32)20-27;1-22-7-3-5-9-31(22)33(32-10-6-4-8-23(32)2)28-18-15-24(16-19-28)27-17-20-29-25-11-13-26(14-12-25)30(29)21-27;1-21-7-3-5-9-30(21)32(31-10-6-4-8-22(31)2)27-16-13-23(14-17-27)24-15-18-28-25-11-12-26(19-25)29(28)20-24/h3-6,8-9,12-13,16-22,26-27H,7,10-11,14-15H2,1-2H3;4-11,14-18,20,25-26H,12-13,19H2,1-3H3;3-10,15-21,25-26H,11-14H2,1-2H3;3-10,13-18,20,25-26H,11-12,19H2,1-2H3. The van der Waals surface area contributed by atoms with Crippen molar-refractivity contribution in [2.75, 3.05) is 19.6 Å². The summed E-state index contributed by atoms with van der Waals surface area (Å²) in [6.45, 7) is 19.8. The molecule has 4 nitrogen and oxygen atoms in total. The van der Waals surface area contributed by atoms with Gasteiger partial charge in [0.1, 0.15) is 0 Å². The van der Waals surface area contributed by atoms with E-state index in [0.717, 1.165) is 47.3 Å². The van der Waals surface area contributed by atoms with Gasteiger partial charge in [0.05, 0.1) is 0 Å². The molecule has 4 heteroatoms. The van der Waals surface area contributed by atoms with E-state index in [2.05, 4.69) is 440 Å². The highest BCUT2D eigenvalue weighted by Gasteiger charge is 2.40. The summed E-state index contributed by atoms with van der Waals surface area (Å²) < 4.78 is 0. The zero-order valence-corrected chi connectivity index (χ0v) is 78.6. The van der Waals surface area contributed by atoms with Crippen molar-refractivity contribution in [2.24, 2.45) is 0 Å². The molecule has 0 heterocycles. The van der Waals surface area contributed by atoms with Gasteiger partial charge in [-0.1, -0.05) is 267 Å². The summed E-state index contributed by atoms with van der Waals surface area (Å²) in [5.74, 6) is 6.38. The Balaban J connectivity index is 0.000000106. The molecule has 4 fully saturated rings. The van der Waals surface area contributed by atoms with Gasteiger partial charge in [0, 0.05) is 68.2 Å². The van der Waals surface area contributed by atoms with Crippen molar-refractivity contribution in [1.82, 2.24) is 0 Å². The van der Waals surface area contributed by atoms with Crippen molar-refractivity contribution in [3.05, 3.63) is 452 Å². The Morgan fingerprint density at radius 3 is 0.667 bits per heavy atom.